The van der Waals surface area contributed by atoms with Gasteiger partial charge in [-0.25, -0.2) is 9.78 Å². The van der Waals surface area contributed by atoms with Crippen molar-refractivity contribution >= 4 is 5.91 Å². The highest BCUT2D eigenvalue weighted by Gasteiger charge is 2.11. The average molecular weight is 262 g/mol. The van der Waals surface area contributed by atoms with Gasteiger partial charge >= 0.3 is 5.69 Å². The molecule has 8 nitrogen and oxygen atoms in total. The number of hydrogen-bond donors (Lipinski definition) is 3. The normalized spacial score (nSPS) is 10.4. The van der Waals surface area contributed by atoms with Gasteiger partial charge in [0.1, 0.15) is 12.2 Å². The van der Waals surface area contributed by atoms with Crippen molar-refractivity contribution in [3.63, 3.8) is 0 Å². The lowest BCUT2D eigenvalue weighted by atomic mass is 10.1. The fourth-order valence-electron chi connectivity index (χ4n) is 1.74. The van der Waals surface area contributed by atoms with Crippen molar-refractivity contribution in [1.82, 2.24) is 30.5 Å². The van der Waals surface area contributed by atoms with E-state index in [9.17, 15) is 9.59 Å². The van der Waals surface area contributed by atoms with Crippen LogP contribution in [-0.4, -0.2) is 31.1 Å². The zero-order chi connectivity index (χ0) is 13.8. The molecule has 2 aromatic rings. The highest BCUT2D eigenvalue weighted by Crippen LogP contribution is 2.07. The summed E-state index contributed by atoms with van der Waals surface area (Å²) in [5, 5.41) is 9.05. The van der Waals surface area contributed by atoms with E-state index < -0.39 is 5.69 Å². The van der Waals surface area contributed by atoms with Gasteiger partial charge in [-0.3, -0.25) is 9.89 Å². The van der Waals surface area contributed by atoms with E-state index in [2.05, 4.69) is 30.5 Å². The molecule has 0 aliphatic rings. The number of aromatic nitrogens is 5. The molecule has 0 atom stereocenters. The summed E-state index contributed by atoms with van der Waals surface area (Å²) in [5.74, 6) is 0.415. The summed E-state index contributed by atoms with van der Waals surface area (Å²) >= 11 is 0. The van der Waals surface area contributed by atoms with Crippen LogP contribution in [0.15, 0.2) is 11.1 Å². The molecule has 8 heteroatoms. The molecule has 0 radical (unpaired) electrons. The Hall–Kier alpha value is -2.51. The number of carbonyl (C=O) groups is 1. The molecule has 3 N–H and O–H groups in total. The number of hydrogen-bond acceptors (Lipinski definition) is 5. The molecule has 0 unspecified atom stereocenters. The molecule has 0 aliphatic carbocycles. The Balaban J connectivity index is 2.01. The van der Waals surface area contributed by atoms with Crippen molar-refractivity contribution in [2.24, 2.45) is 0 Å². The maximum atomic E-state index is 11.8. The second kappa shape index (κ2) is 5.42. The fraction of sp³-hybridized carbons (Fsp3) is 0.364. The van der Waals surface area contributed by atoms with E-state index in [0.717, 1.165) is 5.56 Å². The molecule has 0 spiro atoms. The SMILES string of the molecule is Cc1nc(=O)[nH]c(C)c1CC(=O)NCc1ncn[nH]1. The van der Waals surface area contributed by atoms with Crippen LogP contribution in [0.1, 0.15) is 22.8 Å². The van der Waals surface area contributed by atoms with Crippen LogP contribution in [0, 0.1) is 13.8 Å². The summed E-state index contributed by atoms with van der Waals surface area (Å²) in [7, 11) is 0. The number of aromatic amines is 2. The third kappa shape index (κ3) is 3.24. The van der Waals surface area contributed by atoms with Crippen molar-refractivity contribution in [2.45, 2.75) is 26.8 Å². The molecule has 0 aromatic carbocycles. The van der Waals surface area contributed by atoms with Gasteiger partial charge in [-0.05, 0) is 13.8 Å². The Kier molecular flexibility index (Phi) is 3.69. The van der Waals surface area contributed by atoms with E-state index >= 15 is 0 Å². The van der Waals surface area contributed by atoms with Gasteiger partial charge in [-0.2, -0.15) is 10.1 Å². The number of rotatable bonds is 4. The van der Waals surface area contributed by atoms with E-state index in [1.807, 2.05) is 0 Å². The third-order valence-corrected chi connectivity index (χ3v) is 2.71. The van der Waals surface area contributed by atoms with Crippen molar-refractivity contribution in [3.8, 4) is 0 Å². The van der Waals surface area contributed by atoms with Crippen molar-refractivity contribution < 1.29 is 4.79 Å². The lowest BCUT2D eigenvalue weighted by molar-refractivity contribution is -0.120. The molecule has 2 heterocycles. The molecule has 19 heavy (non-hydrogen) atoms. The first-order chi connectivity index (χ1) is 9.06. The molecule has 0 fully saturated rings. The molecular formula is C11H14N6O2. The summed E-state index contributed by atoms with van der Waals surface area (Å²) in [6.45, 7) is 3.74. The Morgan fingerprint density at radius 1 is 1.42 bits per heavy atom. The van der Waals surface area contributed by atoms with Crippen LogP contribution < -0.4 is 11.0 Å². The molecule has 0 saturated carbocycles. The number of amides is 1. The van der Waals surface area contributed by atoms with Gasteiger partial charge in [0.15, 0.2) is 0 Å². The van der Waals surface area contributed by atoms with Crippen LogP contribution in [0.25, 0.3) is 0 Å². The predicted molar refractivity (Wildman–Crippen MR) is 66.3 cm³/mol. The summed E-state index contributed by atoms with van der Waals surface area (Å²) in [6.07, 6.45) is 1.54. The van der Waals surface area contributed by atoms with Gasteiger partial charge in [0.25, 0.3) is 0 Å². The number of nitrogens with one attached hydrogen (secondary N) is 3. The molecule has 0 saturated heterocycles. The smallest absolute Gasteiger partial charge is 0.345 e. The van der Waals surface area contributed by atoms with E-state index in [1.165, 1.54) is 6.33 Å². The summed E-state index contributed by atoms with van der Waals surface area (Å²) in [4.78, 5) is 33.2. The lowest BCUT2D eigenvalue weighted by Gasteiger charge is -2.08. The van der Waals surface area contributed by atoms with Crippen LogP contribution in [0.2, 0.25) is 0 Å². The molecule has 2 aromatic heterocycles. The van der Waals surface area contributed by atoms with Gasteiger partial charge in [0, 0.05) is 17.0 Å². The molecular weight excluding hydrogens is 248 g/mol. The zero-order valence-corrected chi connectivity index (χ0v) is 10.6. The Morgan fingerprint density at radius 3 is 2.84 bits per heavy atom. The molecule has 0 bridgehead atoms. The average Bonchev–Trinajstić information content (AvgIpc) is 2.84. The monoisotopic (exact) mass is 262 g/mol. The molecule has 100 valence electrons. The van der Waals surface area contributed by atoms with E-state index in [1.54, 1.807) is 13.8 Å². The maximum Gasteiger partial charge on any atom is 0.345 e. The number of aryl methyl sites for hydroxylation is 2. The minimum Gasteiger partial charge on any atom is -0.349 e. The van der Waals surface area contributed by atoms with Crippen LogP contribution in [-0.2, 0) is 17.8 Å². The largest absolute Gasteiger partial charge is 0.349 e. The van der Waals surface area contributed by atoms with Crippen LogP contribution >= 0.6 is 0 Å². The summed E-state index contributed by atoms with van der Waals surface area (Å²) in [5.41, 5.74) is 1.55. The van der Waals surface area contributed by atoms with Crippen molar-refractivity contribution in [2.75, 3.05) is 0 Å². The Labute approximate surface area is 108 Å². The van der Waals surface area contributed by atoms with Crippen LogP contribution in [0.4, 0.5) is 0 Å². The van der Waals surface area contributed by atoms with Gasteiger partial charge in [0.05, 0.1) is 13.0 Å². The molecule has 1 amide bonds. The first-order valence-electron chi connectivity index (χ1n) is 5.73. The van der Waals surface area contributed by atoms with Crippen molar-refractivity contribution in [1.29, 1.82) is 0 Å². The summed E-state index contributed by atoms with van der Waals surface area (Å²) in [6, 6.07) is 0. The van der Waals surface area contributed by atoms with Gasteiger partial charge in [0.2, 0.25) is 5.91 Å². The lowest BCUT2D eigenvalue weighted by Crippen LogP contribution is -2.27. The minimum absolute atomic E-state index is 0.162. The number of carbonyl (C=O) groups excluding carboxylic acids is 1. The topological polar surface area (TPSA) is 116 Å². The molecule has 0 aliphatic heterocycles. The quantitative estimate of drug-likeness (QED) is 0.678. The second-order valence-corrected chi connectivity index (χ2v) is 4.12. The first kappa shape index (κ1) is 12.9. The first-order valence-corrected chi connectivity index (χ1v) is 5.73. The zero-order valence-electron chi connectivity index (χ0n) is 10.6. The second-order valence-electron chi connectivity index (χ2n) is 4.12. The van der Waals surface area contributed by atoms with Gasteiger partial charge in [-0.15, -0.1) is 0 Å². The Bertz CT molecular complexity index is 605. The minimum atomic E-state index is -0.402. The van der Waals surface area contributed by atoms with E-state index in [-0.39, 0.29) is 18.9 Å². The van der Waals surface area contributed by atoms with Crippen LogP contribution in [0.3, 0.4) is 0 Å². The standard InChI is InChI=1S/C11H14N6O2/c1-6-8(7(2)16-11(19)15-6)3-10(18)12-4-9-13-5-14-17-9/h5H,3-4H2,1-2H3,(H,12,18)(H,13,14,17)(H,15,16,19). The number of nitrogens with zero attached hydrogens (tertiary/aromatic N) is 3. The molecule has 2 rings (SSSR count). The van der Waals surface area contributed by atoms with E-state index in [4.69, 9.17) is 0 Å². The Morgan fingerprint density at radius 2 is 2.21 bits per heavy atom. The third-order valence-electron chi connectivity index (χ3n) is 2.71. The highest BCUT2D eigenvalue weighted by atomic mass is 16.1. The van der Waals surface area contributed by atoms with Gasteiger partial charge in [-0.1, -0.05) is 0 Å². The predicted octanol–water partition coefficient (Wildman–Crippen LogP) is -0.636. The fourth-order valence-corrected chi connectivity index (χ4v) is 1.74. The van der Waals surface area contributed by atoms with Crippen molar-refractivity contribution in [3.05, 3.63) is 39.6 Å². The maximum absolute atomic E-state index is 11.8. The number of H-pyrrole nitrogens is 2. The summed E-state index contributed by atoms with van der Waals surface area (Å²) < 4.78 is 0. The van der Waals surface area contributed by atoms with E-state index in [0.29, 0.717) is 17.2 Å². The van der Waals surface area contributed by atoms with Gasteiger partial charge < -0.3 is 10.3 Å². The highest BCUT2D eigenvalue weighted by molar-refractivity contribution is 5.78. The van der Waals surface area contributed by atoms with Crippen LogP contribution in [0.5, 0.6) is 0 Å².